The highest BCUT2D eigenvalue weighted by Crippen LogP contribution is 2.33. The SMILES string of the molecule is CC1=CC=CC1c1cc2ccccc2cc1C=O. The van der Waals surface area contributed by atoms with E-state index in [9.17, 15) is 4.79 Å². The van der Waals surface area contributed by atoms with Gasteiger partial charge in [0, 0.05) is 11.5 Å². The highest BCUT2D eigenvalue weighted by Gasteiger charge is 2.17. The van der Waals surface area contributed by atoms with Gasteiger partial charge in [-0.25, -0.2) is 0 Å². The van der Waals surface area contributed by atoms with Gasteiger partial charge in [-0.05, 0) is 35.4 Å². The first kappa shape index (κ1) is 11.0. The van der Waals surface area contributed by atoms with Crippen molar-refractivity contribution in [1.29, 1.82) is 0 Å². The van der Waals surface area contributed by atoms with Crippen molar-refractivity contribution < 1.29 is 4.79 Å². The fourth-order valence-electron chi connectivity index (χ4n) is 2.57. The Bertz CT molecular complexity index is 677. The second kappa shape index (κ2) is 4.26. The summed E-state index contributed by atoms with van der Waals surface area (Å²) >= 11 is 0. The summed E-state index contributed by atoms with van der Waals surface area (Å²) in [5, 5.41) is 2.30. The zero-order valence-electron chi connectivity index (χ0n) is 10.3. The normalized spacial score (nSPS) is 18.1. The van der Waals surface area contributed by atoms with Crippen LogP contribution >= 0.6 is 0 Å². The number of rotatable bonds is 2. The molecule has 0 radical (unpaired) electrons. The number of allylic oxidation sites excluding steroid dienone is 4. The Morgan fingerprint density at radius 1 is 1.11 bits per heavy atom. The number of hydrogen-bond acceptors (Lipinski definition) is 1. The van der Waals surface area contributed by atoms with Crippen molar-refractivity contribution in [3.05, 3.63) is 71.3 Å². The predicted molar refractivity (Wildman–Crippen MR) is 75.0 cm³/mol. The largest absolute Gasteiger partial charge is 0.298 e. The van der Waals surface area contributed by atoms with Gasteiger partial charge in [-0.3, -0.25) is 4.79 Å². The molecule has 18 heavy (non-hydrogen) atoms. The number of fused-ring (bicyclic) bond motifs is 1. The van der Waals surface area contributed by atoms with Crippen LogP contribution in [0.15, 0.2) is 60.2 Å². The Morgan fingerprint density at radius 2 is 1.83 bits per heavy atom. The van der Waals surface area contributed by atoms with Crippen molar-refractivity contribution in [1.82, 2.24) is 0 Å². The van der Waals surface area contributed by atoms with E-state index in [2.05, 4.69) is 37.3 Å². The van der Waals surface area contributed by atoms with Crippen LogP contribution in [0, 0.1) is 0 Å². The van der Waals surface area contributed by atoms with Crippen molar-refractivity contribution in [3.8, 4) is 0 Å². The molecule has 0 aliphatic heterocycles. The molecule has 88 valence electrons. The van der Waals surface area contributed by atoms with Gasteiger partial charge in [-0.2, -0.15) is 0 Å². The molecule has 2 aromatic carbocycles. The molecule has 1 heteroatoms. The van der Waals surface area contributed by atoms with Crippen LogP contribution in [0.4, 0.5) is 0 Å². The molecule has 1 atom stereocenters. The molecule has 0 amide bonds. The fourth-order valence-corrected chi connectivity index (χ4v) is 2.57. The van der Waals surface area contributed by atoms with Gasteiger partial charge in [0.05, 0.1) is 0 Å². The van der Waals surface area contributed by atoms with E-state index in [1.165, 1.54) is 11.0 Å². The van der Waals surface area contributed by atoms with Gasteiger partial charge in [0.1, 0.15) is 6.29 Å². The van der Waals surface area contributed by atoms with Gasteiger partial charge < -0.3 is 0 Å². The summed E-state index contributed by atoms with van der Waals surface area (Å²) in [6.45, 7) is 2.11. The molecule has 2 aromatic rings. The van der Waals surface area contributed by atoms with Crippen LogP contribution in [-0.4, -0.2) is 6.29 Å². The quantitative estimate of drug-likeness (QED) is 0.710. The molecular formula is C17H14O. The minimum Gasteiger partial charge on any atom is -0.298 e. The van der Waals surface area contributed by atoms with E-state index in [-0.39, 0.29) is 5.92 Å². The highest BCUT2D eigenvalue weighted by atomic mass is 16.1. The van der Waals surface area contributed by atoms with Crippen LogP contribution in [0.1, 0.15) is 28.8 Å². The van der Waals surface area contributed by atoms with Crippen molar-refractivity contribution in [2.75, 3.05) is 0 Å². The van der Waals surface area contributed by atoms with Crippen molar-refractivity contribution in [2.24, 2.45) is 0 Å². The summed E-state index contributed by atoms with van der Waals surface area (Å²) < 4.78 is 0. The van der Waals surface area contributed by atoms with Gasteiger partial charge in [-0.1, -0.05) is 48.1 Å². The molecule has 0 aromatic heterocycles. The van der Waals surface area contributed by atoms with Crippen LogP contribution in [0.5, 0.6) is 0 Å². The Morgan fingerprint density at radius 3 is 2.44 bits per heavy atom. The maximum absolute atomic E-state index is 11.3. The molecule has 0 bridgehead atoms. The molecule has 0 fully saturated rings. The van der Waals surface area contributed by atoms with Crippen molar-refractivity contribution in [2.45, 2.75) is 12.8 Å². The first-order valence-corrected chi connectivity index (χ1v) is 6.12. The van der Waals surface area contributed by atoms with E-state index in [1.54, 1.807) is 0 Å². The van der Waals surface area contributed by atoms with E-state index in [4.69, 9.17) is 0 Å². The standard InChI is InChI=1S/C17H14O/c1-12-5-4-8-16(12)17-10-14-7-3-2-6-13(14)9-15(17)11-18/h2-11,16H,1H3. The lowest BCUT2D eigenvalue weighted by atomic mass is 9.89. The van der Waals surface area contributed by atoms with Gasteiger partial charge >= 0.3 is 0 Å². The van der Waals surface area contributed by atoms with Crippen LogP contribution in [0.2, 0.25) is 0 Å². The Hall–Kier alpha value is -2.15. The number of carbonyl (C=O) groups excluding carboxylic acids is 1. The smallest absolute Gasteiger partial charge is 0.150 e. The third-order valence-corrected chi connectivity index (χ3v) is 3.57. The predicted octanol–water partition coefficient (Wildman–Crippen LogP) is 4.25. The molecule has 0 N–H and O–H groups in total. The van der Waals surface area contributed by atoms with E-state index >= 15 is 0 Å². The van der Waals surface area contributed by atoms with Gasteiger partial charge in [0.2, 0.25) is 0 Å². The van der Waals surface area contributed by atoms with Gasteiger partial charge in [0.25, 0.3) is 0 Å². The Balaban J connectivity index is 2.24. The summed E-state index contributed by atoms with van der Waals surface area (Å²) in [7, 11) is 0. The minimum atomic E-state index is 0.245. The van der Waals surface area contributed by atoms with Gasteiger partial charge in [0.15, 0.2) is 0 Å². The lowest BCUT2D eigenvalue weighted by Crippen LogP contribution is -2.00. The molecule has 1 aliphatic rings. The van der Waals surface area contributed by atoms with Gasteiger partial charge in [-0.15, -0.1) is 0 Å². The zero-order chi connectivity index (χ0) is 12.5. The first-order chi connectivity index (χ1) is 8.79. The summed E-state index contributed by atoms with van der Waals surface area (Å²) in [6, 6.07) is 12.3. The number of aldehydes is 1. The molecule has 1 unspecified atom stereocenters. The molecule has 0 saturated heterocycles. The highest BCUT2D eigenvalue weighted by molar-refractivity contribution is 5.91. The summed E-state index contributed by atoms with van der Waals surface area (Å²) in [5.74, 6) is 0.245. The fraction of sp³-hybridized carbons (Fsp3) is 0.118. The summed E-state index contributed by atoms with van der Waals surface area (Å²) in [5.41, 5.74) is 3.18. The second-order valence-corrected chi connectivity index (χ2v) is 4.72. The van der Waals surface area contributed by atoms with E-state index in [0.717, 1.165) is 22.8 Å². The topological polar surface area (TPSA) is 17.1 Å². The van der Waals surface area contributed by atoms with Crippen molar-refractivity contribution in [3.63, 3.8) is 0 Å². The molecule has 3 rings (SSSR count). The van der Waals surface area contributed by atoms with E-state index in [0.29, 0.717) is 0 Å². The third kappa shape index (κ3) is 1.68. The minimum absolute atomic E-state index is 0.245. The van der Waals surface area contributed by atoms with E-state index < -0.39 is 0 Å². The summed E-state index contributed by atoms with van der Waals surface area (Å²) in [4.78, 5) is 11.3. The monoisotopic (exact) mass is 234 g/mol. The number of hydrogen-bond donors (Lipinski definition) is 0. The molecule has 0 saturated carbocycles. The maximum Gasteiger partial charge on any atom is 0.150 e. The van der Waals surface area contributed by atoms with Crippen LogP contribution < -0.4 is 0 Å². The second-order valence-electron chi connectivity index (χ2n) is 4.72. The van der Waals surface area contributed by atoms with E-state index in [1.807, 2.05) is 24.3 Å². The van der Waals surface area contributed by atoms with Crippen LogP contribution in [-0.2, 0) is 0 Å². The van der Waals surface area contributed by atoms with Crippen molar-refractivity contribution >= 4 is 17.1 Å². The average molecular weight is 234 g/mol. The first-order valence-electron chi connectivity index (χ1n) is 6.12. The Labute approximate surface area is 106 Å². The molecule has 0 spiro atoms. The molecule has 0 heterocycles. The van der Waals surface area contributed by atoms with Crippen LogP contribution in [0.25, 0.3) is 10.8 Å². The Kier molecular flexibility index (Phi) is 2.60. The molecule has 1 aliphatic carbocycles. The zero-order valence-corrected chi connectivity index (χ0v) is 10.3. The third-order valence-electron chi connectivity index (χ3n) is 3.57. The lowest BCUT2D eigenvalue weighted by molar-refractivity contribution is 0.112. The number of carbonyl (C=O) groups is 1. The molecule has 1 nitrogen and oxygen atoms in total. The maximum atomic E-state index is 11.3. The van der Waals surface area contributed by atoms with Crippen LogP contribution in [0.3, 0.4) is 0 Å². The summed E-state index contributed by atoms with van der Waals surface area (Å²) in [6.07, 6.45) is 7.27. The molecular weight excluding hydrogens is 220 g/mol. The number of benzene rings is 2. The average Bonchev–Trinajstić information content (AvgIpc) is 2.83. The lowest BCUT2D eigenvalue weighted by Gasteiger charge is -2.14.